The van der Waals surface area contributed by atoms with Crippen LogP contribution < -0.4 is 0 Å². The Balaban J connectivity index is 2.76. The van der Waals surface area contributed by atoms with E-state index in [0.717, 1.165) is 0 Å². The molecule has 2 amide bonds. The Kier molecular flexibility index (Phi) is 5.32. The van der Waals surface area contributed by atoms with Crippen LogP contribution in [0.5, 0.6) is 0 Å². The van der Waals surface area contributed by atoms with Gasteiger partial charge in [-0.15, -0.1) is 0 Å². The van der Waals surface area contributed by atoms with Crippen LogP contribution in [0.2, 0.25) is 0 Å². The molecule has 0 aliphatic carbocycles. The number of rotatable bonds is 5. The second-order valence-corrected chi connectivity index (χ2v) is 5.12. The molecular formula is C13H22N2O4. The van der Waals surface area contributed by atoms with Crippen molar-refractivity contribution in [2.24, 2.45) is 5.92 Å². The molecule has 19 heavy (non-hydrogen) atoms. The summed E-state index contributed by atoms with van der Waals surface area (Å²) in [6, 6.07) is -0.127. The number of hydrogen-bond acceptors (Lipinski definition) is 3. The Hall–Kier alpha value is -1.59. The summed E-state index contributed by atoms with van der Waals surface area (Å²) < 4.78 is 0. The zero-order valence-electron chi connectivity index (χ0n) is 11.8. The van der Waals surface area contributed by atoms with E-state index in [0.29, 0.717) is 19.4 Å². The normalized spacial score (nSPS) is 21.1. The quantitative estimate of drug-likeness (QED) is 0.792. The first-order valence-corrected chi connectivity index (χ1v) is 6.63. The van der Waals surface area contributed by atoms with Crippen LogP contribution >= 0.6 is 0 Å². The summed E-state index contributed by atoms with van der Waals surface area (Å²) in [5, 5.41) is 8.90. The minimum absolute atomic E-state index is 0.0518. The van der Waals surface area contributed by atoms with E-state index in [9.17, 15) is 14.4 Å². The van der Waals surface area contributed by atoms with Gasteiger partial charge in [-0.25, -0.2) is 0 Å². The van der Waals surface area contributed by atoms with Crippen molar-refractivity contribution in [1.29, 1.82) is 0 Å². The predicted octanol–water partition coefficient (Wildman–Crippen LogP) is 0.566. The molecule has 0 aromatic carbocycles. The number of aliphatic carboxylic acids is 1. The molecule has 1 saturated heterocycles. The molecule has 0 bridgehead atoms. The molecule has 6 nitrogen and oxygen atoms in total. The maximum absolute atomic E-state index is 12.4. The van der Waals surface area contributed by atoms with Gasteiger partial charge >= 0.3 is 5.97 Å². The molecule has 1 N–H and O–H groups in total. The highest BCUT2D eigenvalue weighted by Gasteiger charge is 2.33. The monoisotopic (exact) mass is 270 g/mol. The summed E-state index contributed by atoms with van der Waals surface area (Å²) in [5.74, 6) is -1.66. The van der Waals surface area contributed by atoms with Crippen molar-refractivity contribution in [2.45, 2.75) is 39.2 Å². The maximum Gasteiger partial charge on any atom is 0.323 e. The Morgan fingerprint density at radius 3 is 2.63 bits per heavy atom. The van der Waals surface area contributed by atoms with Gasteiger partial charge in [0.2, 0.25) is 11.8 Å². The molecule has 1 aliphatic rings. The summed E-state index contributed by atoms with van der Waals surface area (Å²) in [5.41, 5.74) is 0. The molecule has 1 rings (SSSR count). The van der Waals surface area contributed by atoms with Crippen LogP contribution in [0.1, 0.15) is 33.1 Å². The van der Waals surface area contributed by atoms with Crippen LogP contribution in [-0.4, -0.2) is 58.9 Å². The molecule has 1 aliphatic heterocycles. The van der Waals surface area contributed by atoms with Crippen molar-refractivity contribution in [3.63, 3.8) is 0 Å². The molecule has 2 unspecified atom stereocenters. The largest absolute Gasteiger partial charge is 0.480 e. The van der Waals surface area contributed by atoms with Gasteiger partial charge in [0.1, 0.15) is 6.54 Å². The van der Waals surface area contributed by atoms with E-state index < -0.39 is 5.97 Å². The highest BCUT2D eigenvalue weighted by atomic mass is 16.4. The van der Waals surface area contributed by atoms with Crippen LogP contribution in [0.3, 0.4) is 0 Å². The fourth-order valence-corrected chi connectivity index (χ4v) is 2.21. The number of carboxylic acid groups (broad SMARTS) is 1. The Bertz CT molecular complexity index is 370. The fourth-order valence-electron chi connectivity index (χ4n) is 2.21. The van der Waals surface area contributed by atoms with E-state index in [1.807, 2.05) is 13.8 Å². The van der Waals surface area contributed by atoms with Gasteiger partial charge in [-0.05, 0) is 19.8 Å². The summed E-state index contributed by atoms with van der Waals surface area (Å²) in [4.78, 5) is 37.9. The number of carbonyl (C=O) groups excluding carboxylic acids is 2. The van der Waals surface area contributed by atoms with Crippen molar-refractivity contribution >= 4 is 17.8 Å². The molecule has 0 aromatic rings. The van der Waals surface area contributed by atoms with Crippen LogP contribution in [0, 0.1) is 5.92 Å². The van der Waals surface area contributed by atoms with Gasteiger partial charge in [-0.1, -0.05) is 6.92 Å². The molecule has 6 heteroatoms. The lowest BCUT2D eigenvalue weighted by molar-refractivity contribution is -0.151. The third kappa shape index (κ3) is 3.94. The van der Waals surface area contributed by atoms with E-state index in [-0.39, 0.29) is 36.7 Å². The zero-order valence-corrected chi connectivity index (χ0v) is 11.8. The van der Waals surface area contributed by atoms with Gasteiger partial charge < -0.3 is 14.9 Å². The molecule has 0 aromatic heterocycles. The fraction of sp³-hybridized carbons (Fsp3) is 0.769. The van der Waals surface area contributed by atoms with E-state index in [1.165, 1.54) is 4.90 Å². The minimum atomic E-state index is -1.02. The third-order valence-electron chi connectivity index (χ3n) is 3.72. The maximum atomic E-state index is 12.4. The molecular weight excluding hydrogens is 248 g/mol. The minimum Gasteiger partial charge on any atom is -0.480 e. The lowest BCUT2D eigenvalue weighted by Crippen LogP contribution is -2.48. The van der Waals surface area contributed by atoms with Crippen LogP contribution in [0.25, 0.3) is 0 Å². The van der Waals surface area contributed by atoms with Crippen molar-refractivity contribution in [2.75, 3.05) is 20.1 Å². The van der Waals surface area contributed by atoms with E-state index in [1.54, 1.807) is 11.9 Å². The van der Waals surface area contributed by atoms with E-state index in [2.05, 4.69) is 0 Å². The molecule has 0 saturated carbocycles. The van der Waals surface area contributed by atoms with Crippen LogP contribution in [0.15, 0.2) is 0 Å². The average Bonchev–Trinajstić information content (AvgIpc) is 2.37. The molecule has 0 spiro atoms. The lowest BCUT2D eigenvalue weighted by atomic mass is 9.94. The van der Waals surface area contributed by atoms with Crippen LogP contribution in [0.4, 0.5) is 0 Å². The zero-order chi connectivity index (χ0) is 14.6. The smallest absolute Gasteiger partial charge is 0.323 e. The first-order chi connectivity index (χ1) is 8.86. The van der Waals surface area contributed by atoms with Crippen molar-refractivity contribution in [1.82, 2.24) is 9.80 Å². The summed E-state index contributed by atoms with van der Waals surface area (Å²) in [6.07, 6.45) is 1.48. The first kappa shape index (κ1) is 15.5. The van der Waals surface area contributed by atoms with Crippen molar-refractivity contribution in [3.8, 4) is 0 Å². The van der Waals surface area contributed by atoms with Gasteiger partial charge in [0, 0.05) is 32.0 Å². The SMILES string of the molecule is CCC(C)N(CC(=O)O)C(=O)C1CCN(C)C(=O)C1. The molecule has 1 fully saturated rings. The second-order valence-electron chi connectivity index (χ2n) is 5.12. The summed E-state index contributed by atoms with van der Waals surface area (Å²) >= 11 is 0. The average molecular weight is 270 g/mol. The Morgan fingerprint density at radius 2 is 2.16 bits per heavy atom. The highest BCUT2D eigenvalue weighted by molar-refractivity contribution is 5.88. The topological polar surface area (TPSA) is 77.9 Å². The number of nitrogens with zero attached hydrogens (tertiary/aromatic N) is 2. The van der Waals surface area contributed by atoms with E-state index >= 15 is 0 Å². The first-order valence-electron chi connectivity index (χ1n) is 6.63. The molecule has 108 valence electrons. The number of piperidine rings is 1. The predicted molar refractivity (Wildman–Crippen MR) is 69.5 cm³/mol. The van der Waals surface area contributed by atoms with E-state index in [4.69, 9.17) is 5.11 Å². The van der Waals surface area contributed by atoms with Crippen molar-refractivity contribution in [3.05, 3.63) is 0 Å². The summed E-state index contributed by atoms with van der Waals surface area (Å²) in [6.45, 7) is 4.00. The van der Waals surface area contributed by atoms with Gasteiger partial charge in [0.15, 0.2) is 0 Å². The Morgan fingerprint density at radius 1 is 1.53 bits per heavy atom. The lowest BCUT2D eigenvalue weighted by Gasteiger charge is -2.34. The number of amides is 2. The number of likely N-dealkylation sites (tertiary alicyclic amines) is 1. The van der Waals surface area contributed by atoms with Crippen LogP contribution in [-0.2, 0) is 14.4 Å². The standard InChI is InChI=1S/C13H22N2O4/c1-4-9(2)15(8-12(17)18)13(19)10-5-6-14(3)11(16)7-10/h9-10H,4-8H2,1-3H3,(H,17,18). The highest BCUT2D eigenvalue weighted by Crippen LogP contribution is 2.21. The van der Waals surface area contributed by atoms with Gasteiger partial charge in [-0.2, -0.15) is 0 Å². The van der Waals surface area contributed by atoms with Gasteiger partial charge in [0.25, 0.3) is 0 Å². The third-order valence-corrected chi connectivity index (χ3v) is 3.72. The summed E-state index contributed by atoms with van der Waals surface area (Å²) in [7, 11) is 1.71. The number of hydrogen-bond donors (Lipinski definition) is 1. The molecule has 0 radical (unpaired) electrons. The van der Waals surface area contributed by atoms with Crippen molar-refractivity contribution < 1.29 is 19.5 Å². The molecule has 2 atom stereocenters. The molecule has 1 heterocycles. The second kappa shape index (κ2) is 6.54. The number of carbonyl (C=O) groups is 3. The van der Waals surface area contributed by atoms with Gasteiger partial charge in [-0.3, -0.25) is 14.4 Å². The van der Waals surface area contributed by atoms with Gasteiger partial charge in [0.05, 0.1) is 0 Å². The number of carboxylic acids is 1. The Labute approximate surface area is 113 Å².